The molecule has 1 rings (SSSR count). The van der Waals surface area contributed by atoms with Crippen LogP contribution < -0.4 is 5.73 Å². The Hall–Kier alpha value is -0.810. The zero-order valence-corrected chi connectivity index (χ0v) is 11.0. The lowest BCUT2D eigenvalue weighted by atomic mass is 10.2. The third-order valence-corrected chi connectivity index (χ3v) is 2.93. The van der Waals surface area contributed by atoms with Gasteiger partial charge in [0.15, 0.2) is 0 Å². The van der Waals surface area contributed by atoms with Crippen LogP contribution in [-0.2, 0) is 4.74 Å². The van der Waals surface area contributed by atoms with Gasteiger partial charge in [0.2, 0.25) is 0 Å². The van der Waals surface area contributed by atoms with Crippen molar-refractivity contribution < 1.29 is 13.5 Å². The number of halogens is 2. The first-order valence-electron chi connectivity index (χ1n) is 5.31. The molecule has 0 amide bonds. The molecular weight excluding hydrogens is 244 g/mol. The van der Waals surface area contributed by atoms with Crippen LogP contribution >= 0.6 is 11.8 Å². The van der Waals surface area contributed by atoms with Gasteiger partial charge in [-0.25, -0.2) is 8.78 Å². The normalized spacial score (nSPS) is 11.8. The van der Waals surface area contributed by atoms with E-state index < -0.39 is 11.6 Å². The highest BCUT2D eigenvalue weighted by molar-refractivity contribution is 7.99. The van der Waals surface area contributed by atoms with Crippen molar-refractivity contribution in [3.8, 4) is 0 Å². The molecule has 0 fully saturated rings. The van der Waals surface area contributed by atoms with Crippen LogP contribution in [0, 0.1) is 11.6 Å². The van der Waals surface area contributed by atoms with E-state index in [-0.39, 0.29) is 16.2 Å². The molecule has 0 atom stereocenters. The summed E-state index contributed by atoms with van der Waals surface area (Å²) in [5.41, 5.74) is 5.18. The van der Waals surface area contributed by atoms with Crippen molar-refractivity contribution in [1.29, 1.82) is 0 Å². The predicted octanol–water partition coefficient (Wildman–Crippen LogP) is 3.45. The Balaban J connectivity index is 2.53. The molecule has 0 saturated carbocycles. The van der Waals surface area contributed by atoms with E-state index in [2.05, 4.69) is 0 Å². The van der Waals surface area contributed by atoms with E-state index in [1.165, 1.54) is 0 Å². The third-order valence-electron chi connectivity index (χ3n) is 1.89. The van der Waals surface area contributed by atoms with Gasteiger partial charge in [0.1, 0.15) is 11.6 Å². The molecule has 96 valence electrons. The second kappa shape index (κ2) is 5.69. The molecule has 1 aromatic carbocycles. The molecular formula is C12H17F2NOS. The van der Waals surface area contributed by atoms with Gasteiger partial charge >= 0.3 is 0 Å². The number of ether oxygens (including phenoxy) is 1. The lowest BCUT2D eigenvalue weighted by Crippen LogP contribution is -2.20. The molecule has 0 unspecified atom stereocenters. The zero-order valence-electron chi connectivity index (χ0n) is 10.2. The van der Waals surface area contributed by atoms with E-state index in [1.807, 2.05) is 20.8 Å². The van der Waals surface area contributed by atoms with Crippen molar-refractivity contribution >= 4 is 17.4 Å². The Morgan fingerprint density at radius 1 is 1.24 bits per heavy atom. The van der Waals surface area contributed by atoms with Crippen molar-refractivity contribution in [3.05, 3.63) is 23.8 Å². The average Bonchev–Trinajstić information content (AvgIpc) is 2.13. The third kappa shape index (κ3) is 4.91. The number of hydrogen-bond donors (Lipinski definition) is 1. The highest BCUT2D eigenvalue weighted by Crippen LogP contribution is 2.27. The topological polar surface area (TPSA) is 35.2 Å². The van der Waals surface area contributed by atoms with Gasteiger partial charge in [-0.3, -0.25) is 0 Å². The Morgan fingerprint density at radius 2 is 1.76 bits per heavy atom. The van der Waals surface area contributed by atoms with Crippen LogP contribution in [0.2, 0.25) is 0 Å². The summed E-state index contributed by atoms with van der Waals surface area (Å²) in [6.45, 7) is 6.24. The number of benzene rings is 1. The van der Waals surface area contributed by atoms with E-state index in [0.29, 0.717) is 12.4 Å². The first kappa shape index (κ1) is 14.3. The van der Waals surface area contributed by atoms with Crippen molar-refractivity contribution in [1.82, 2.24) is 0 Å². The second-order valence-electron chi connectivity index (χ2n) is 4.62. The fourth-order valence-electron chi connectivity index (χ4n) is 1.21. The van der Waals surface area contributed by atoms with E-state index in [9.17, 15) is 8.78 Å². The highest BCUT2D eigenvalue weighted by atomic mass is 32.2. The van der Waals surface area contributed by atoms with Crippen LogP contribution in [0.3, 0.4) is 0 Å². The number of thioether (sulfide) groups is 1. The van der Waals surface area contributed by atoms with Crippen LogP contribution in [0.15, 0.2) is 17.0 Å². The van der Waals surface area contributed by atoms with E-state index in [1.54, 1.807) is 0 Å². The molecule has 17 heavy (non-hydrogen) atoms. The number of nitrogens with two attached hydrogens (primary N) is 1. The summed E-state index contributed by atoms with van der Waals surface area (Å²) in [4.78, 5) is -0.00305. The lowest BCUT2D eigenvalue weighted by Gasteiger charge is -2.19. The summed E-state index contributed by atoms with van der Waals surface area (Å²) in [6.07, 6.45) is 0. The summed E-state index contributed by atoms with van der Waals surface area (Å²) in [7, 11) is 0. The van der Waals surface area contributed by atoms with Gasteiger partial charge in [0, 0.05) is 11.4 Å². The fourth-order valence-corrected chi connectivity index (χ4v) is 1.97. The Morgan fingerprint density at radius 3 is 2.24 bits per heavy atom. The molecule has 0 bridgehead atoms. The zero-order chi connectivity index (χ0) is 13.1. The SMILES string of the molecule is CC(C)(C)OCCSc1c(F)cc(N)cc1F. The lowest BCUT2D eigenvalue weighted by molar-refractivity contribution is 0.00694. The van der Waals surface area contributed by atoms with Crippen molar-refractivity contribution in [2.24, 2.45) is 0 Å². The maximum Gasteiger partial charge on any atom is 0.141 e. The number of hydrogen-bond acceptors (Lipinski definition) is 3. The molecule has 2 nitrogen and oxygen atoms in total. The molecule has 5 heteroatoms. The minimum Gasteiger partial charge on any atom is -0.399 e. The van der Waals surface area contributed by atoms with Crippen LogP contribution in [0.1, 0.15) is 20.8 Å². The molecule has 0 spiro atoms. The van der Waals surface area contributed by atoms with Crippen LogP contribution in [0.25, 0.3) is 0 Å². The summed E-state index contributed by atoms with van der Waals surface area (Å²) in [5, 5.41) is 0. The molecule has 0 saturated heterocycles. The molecule has 0 aliphatic rings. The molecule has 0 aromatic heterocycles. The average molecular weight is 261 g/mol. The molecule has 2 N–H and O–H groups in total. The van der Waals surface area contributed by atoms with Crippen molar-refractivity contribution in [2.45, 2.75) is 31.3 Å². The van der Waals surface area contributed by atoms with E-state index in [0.717, 1.165) is 23.9 Å². The van der Waals surface area contributed by atoms with Gasteiger partial charge in [-0.2, -0.15) is 0 Å². The molecule has 0 aliphatic carbocycles. The van der Waals surface area contributed by atoms with Gasteiger partial charge in [-0.1, -0.05) is 0 Å². The number of anilines is 1. The fraction of sp³-hybridized carbons (Fsp3) is 0.500. The maximum absolute atomic E-state index is 13.4. The molecule has 0 radical (unpaired) electrons. The highest BCUT2D eigenvalue weighted by Gasteiger charge is 2.13. The van der Waals surface area contributed by atoms with Crippen LogP contribution in [0.4, 0.5) is 14.5 Å². The minimum atomic E-state index is -0.622. The van der Waals surface area contributed by atoms with E-state index in [4.69, 9.17) is 10.5 Å². The first-order chi connectivity index (χ1) is 7.79. The van der Waals surface area contributed by atoms with Crippen molar-refractivity contribution in [2.75, 3.05) is 18.1 Å². The van der Waals surface area contributed by atoms with Gasteiger partial charge in [0.25, 0.3) is 0 Å². The smallest absolute Gasteiger partial charge is 0.141 e. The largest absolute Gasteiger partial charge is 0.399 e. The number of nitrogen functional groups attached to an aromatic ring is 1. The standard InChI is InChI=1S/C12H17F2NOS/c1-12(2,3)16-4-5-17-11-9(13)6-8(15)7-10(11)14/h6-7H,4-5,15H2,1-3H3. The molecule has 1 aromatic rings. The van der Waals surface area contributed by atoms with E-state index >= 15 is 0 Å². The van der Waals surface area contributed by atoms with Crippen LogP contribution in [0.5, 0.6) is 0 Å². The van der Waals surface area contributed by atoms with Gasteiger partial charge < -0.3 is 10.5 Å². The summed E-state index contributed by atoms with van der Waals surface area (Å²) >= 11 is 1.09. The van der Waals surface area contributed by atoms with Gasteiger partial charge in [0.05, 0.1) is 17.1 Å². The van der Waals surface area contributed by atoms with Gasteiger partial charge in [-0.15, -0.1) is 11.8 Å². The monoisotopic (exact) mass is 261 g/mol. The predicted molar refractivity (Wildman–Crippen MR) is 67.2 cm³/mol. The summed E-state index contributed by atoms with van der Waals surface area (Å²) < 4.78 is 32.2. The first-order valence-corrected chi connectivity index (χ1v) is 6.29. The van der Waals surface area contributed by atoms with Gasteiger partial charge in [-0.05, 0) is 32.9 Å². The molecule has 0 aliphatic heterocycles. The Labute approximate surface area is 105 Å². The Bertz CT molecular complexity index is 368. The maximum atomic E-state index is 13.4. The number of rotatable bonds is 4. The Kier molecular flexibility index (Phi) is 4.77. The summed E-state index contributed by atoms with van der Waals surface area (Å²) in [5.74, 6) is -0.749. The molecule has 0 heterocycles. The second-order valence-corrected chi connectivity index (χ2v) is 5.73. The van der Waals surface area contributed by atoms with Crippen LogP contribution in [-0.4, -0.2) is 18.0 Å². The summed E-state index contributed by atoms with van der Waals surface area (Å²) in [6, 6.07) is 2.24. The minimum absolute atomic E-state index is 0.00305. The quantitative estimate of drug-likeness (QED) is 0.512. The van der Waals surface area contributed by atoms with Crippen molar-refractivity contribution in [3.63, 3.8) is 0 Å².